The van der Waals surface area contributed by atoms with Crippen LogP contribution in [-0.2, 0) is 22.9 Å². The summed E-state index contributed by atoms with van der Waals surface area (Å²) in [5, 5.41) is 7.91. The first kappa shape index (κ1) is 12.6. The second-order valence-corrected chi connectivity index (χ2v) is 6.90. The number of aryl methyl sites for hydroxylation is 1. The summed E-state index contributed by atoms with van der Waals surface area (Å²) >= 11 is 0. The summed E-state index contributed by atoms with van der Waals surface area (Å²) in [6.07, 6.45) is 5.98. The highest BCUT2D eigenvalue weighted by molar-refractivity contribution is 7.89. The van der Waals surface area contributed by atoms with Crippen molar-refractivity contribution in [2.24, 2.45) is 0 Å². The largest absolute Gasteiger partial charge is 0.261 e. The van der Waals surface area contributed by atoms with Gasteiger partial charge in [-0.2, -0.15) is 5.10 Å². The molecule has 0 bridgehead atoms. The summed E-state index contributed by atoms with van der Waals surface area (Å²) in [7, 11) is -3.14. The molecule has 0 fully saturated rings. The van der Waals surface area contributed by atoms with Crippen LogP contribution in [-0.4, -0.2) is 35.4 Å². The van der Waals surface area contributed by atoms with Crippen LogP contribution < -0.4 is 4.72 Å². The number of hydrogen-bond donors (Lipinski definition) is 2. The van der Waals surface area contributed by atoms with E-state index in [9.17, 15) is 8.42 Å². The lowest BCUT2D eigenvalue weighted by atomic mass is 9.88. The van der Waals surface area contributed by atoms with E-state index in [-0.39, 0.29) is 14.6 Å². The molecule has 0 saturated heterocycles. The van der Waals surface area contributed by atoms with E-state index >= 15 is 0 Å². The van der Waals surface area contributed by atoms with Crippen LogP contribution in [0.5, 0.6) is 0 Å². The van der Waals surface area contributed by atoms with Gasteiger partial charge < -0.3 is 0 Å². The lowest BCUT2D eigenvalue weighted by Crippen LogP contribution is -2.39. The van der Waals surface area contributed by atoms with Crippen LogP contribution >= 0.6 is 0 Å². The van der Waals surface area contributed by atoms with E-state index in [1.807, 2.05) is 6.20 Å². The van der Waals surface area contributed by atoms with Gasteiger partial charge in [-0.15, -0.1) is 0 Å². The van der Waals surface area contributed by atoms with Crippen LogP contribution in [0.3, 0.4) is 0 Å². The van der Waals surface area contributed by atoms with Gasteiger partial charge in [-0.25, -0.2) is 18.1 Å². The number of nitrogens with zero attached hydrogens (tertiary/aromatic N) is 2. The lowest BCUT2D eigenvalue weighted by molar-refractivity contribution is 0.509. The summed E-state index contributed by atoms with van der Waals surface area (Å²) < 4.78 is 26.0. The molecule has 1 unspecified atom stereocenters. The maximum atomic E-state index is 11.6. The summed E-state index contributed by atoms with van der Waals surface area (Å²) in [6, 6.07) is -0.0244. The molecule has 0 amide bonds. The zero-order valence-electron chi connectivity index (χ0n) is 10.7. The van der Waals surface area contributed by atoms with E-state index in [0.717, 1.165) is 29.4 Å². The Hall–Kier alpha value is -1.47. The fourth-order valence-electron chi connectivity index (χ4n) is 2.59. The maximum Gasteiger partial charge on any atom is 0.211 e. The molecule has 0 spiro atoms. The topological polar surface area (TPSA) is 87.7 Å². The van der Waals surface area contributed by atoms with Crippen LogP contribution in [0.15, 0.2) is 12.4 Å². The normalized spacial score (nSPS) is 19.5. The average molecular weight is 284 g/mol. The summed E-state index contributed by atoms with van der Waals surface area (Å²) in [5.41, 5.74) is 3.15. The van der Waals surface area contributed by atoms with Crippen LogP contribution in [0.25, 0.3) is 11.0 Å². The van der Waals surface area contributed by atoms with Gasteiger partial charge in [-0.1, -0.05) is 0 Å². The molecule has 0 aromatic carbocycles. The van der Waals surface area contributed by atoms with E-state index in [1.165, 1.54) is 5.56 Å². The van der Waals surface area contributed by atoms with E-state index < -0.39 is 10.0 Å². The van der Waals surface area contributed by atoms with Gasteiger partial charge in [-0.05, 0) is 37.3 Å². The van der Waals surface area contributed by atoms with Gasteiger partial charge >= 0.3 is 0 Å². The fraction of sp³-hybridized carbons (Fsp3) is 0.500. The highest BCUT2D eigenvalue weighted by Crippen LogP contribution is 2.26. The first-order chi connectivity index (χ1) is 9.09. The minimum absolute atomic E-state index is 0. The summed E-state index contributed by atoms with van der Waals surface area (Å²) in [4.78, 5) is 4.31. The van der Waals surface area contributed by atoms with Crippen molar-refractivity contribution in [1.29, 1.82) is 0 Å². The zero-order valence-corrected chi connectivity index (χ0v) is 11.5. The van der Waals surface area contributed by atoms with Crippen LogP contribution in [0.4, 0.5) is 0 Å². The van der Waals surface area contributed by atoms with Crippen molar-refractivity contribution in [1.82, 2.24) is 19.9 Å². The number of sulfonamides is 1. The van der Waals surface area contributed by atoms with Gasteiger partial charge in [0.1, 0.15) is 0 Å². The molecule has 3 rings (SSSR count). The first-order valence-electron chi connectivity index (χ1n) is 6.39. The Kier molecular flexibility index (Phi) is 3.02. The molecule has 2 N–H and O–H groups in total. The smallest absolute Gasteiger partial charge is 0.211 e. The number of hydrogen-bond acceptors (Lipinski definition) is 4. The summed E-state index contributed by atoms with van der Waals surface area (Å²) in [5.74, 6) is 0.120. The average Bonchev–Trinajstić information content (AvgIpc) is 2.86. The molecule has 1 aliphatic carbocycles. The Morgan fingerprint density at radius 1 is 1.53 bits per heavy atom. The predicted octanol–water partition coefficient (Wildman–Crippen LogP) is 1.25. The number of H-pyrrole nitrogens is 1. The number of pyridine rings is 1. The van der Waals surface area contributed by atoms with E-state index in [4.69, 9.17) is 0 Å². The molecule has 2 aromatic rings. The molecular formula is C12H20N4O2S. The number of aromatic nitrogens is 3. The van der Waals surface area contributed by atoms with Crippen LogP contribution in [0.1, 0.15) is 27.3 Å². The third-order valence-corrected chi connectivity index (χ3v) is 5.07. The number of rotatable bonds is 3. The minimum atomic E-state index is -3.14. The van der Waals surface area contributed by atoms with E-state index in [1.54, 1.807) is 13.1 Å². The molecule has 0 aliphatic heterocycles. The number of nitrogens with one attached hydrogen (secondary N) is 2. The molecule has 2 aromatic heterocycles. The molecule has 7 heteroatoms. The van der Waals surface area contributed by atoms with E-state index in [2.05, 4.69) is 19.9 Å². The molecule has 6 nitrogen and oxygen atoms in total. The van der Waals surface area contributed by atoms with Gasteiger partial charge in [0.05, 0.1) is 11.9 Å². The van der Waals surface area contributed by atoms with E-state index in [0.29, 0.717) is 6.42 Å². The highest BCUT2D eigenvalue weighted by Gasteiger charge is 2.24. The van der Waals surface area contributed by atoms with Gasteiger partial charge in [-0.3, -0.25) is 5.10 Å². The van der Waals surface area contributed by atoms with Crippen LogP contribution in [0.2, 0.25) is 0 Å². The Morgan fingerprint density at radius 3 is 3.16 bits per heavy atom. The monoisotopic (exact) mass is 284 g/mol. The molecular weight excluding hydrogens is 264 g/mol. The van der Waals surface area contributed by atoms with Crippen molar-refractivity contribution in [3.05, 3.63) is 23.5 Å². The van der Waals surface area contributed by atoms with Crippen molar-refractivity contribution < 1.29 is 11.3 Å². The standard InChI is InChI=1S/C12H16N4O2S.2H2/c1-2-19(17,18)16-9-3-4-10-8(5-9)6-13-12-11(10)7-14-15-12;;/h6-7,9,16H,2-5H2,1H3,(H,13,14,15);2*1H. The van der Waals surface area contributed by atoms with Gasteiger partial charge in [0.25, 0.3) is 0 Å². The van der Waals surface area contributed by atoms with Crippen molar-refractivity contribution >= 4 is 21.1 Å². The first-order valence-corrected chi connectivity index (χ1v) is 8.04. The maximum absolute atomic E-state index is 11.6. The lowest BCUT2D eigenvalue weighted by Gasteiger charge is -2.25. The van der Waals surface area contributed by atoms with Gasteiger partial charge in [0, 0.05) is 20.5 Å². The molecule has 19 heavy (non-hydrogen) atoms. The second-order valence-electron chi connectivity index (χ2n) is 4.86. The van der Waals surface area contributed by atoms with Crippen molar-refractivity contribution in [3.63, 3.8) is 0 Å². The zero-order chi connectivity index (χ0) is 13.5. The SMILES string of the molecule is CCS(=O)(=O)NC1CCc2c(cnc3[nH]ncc23)C1.[HH].[HH]. The van der Waals surface area contributed by atoms with Gasteiger partial charge in [0.15, 0.2) is 5.65 Å². The predicted molar refractivity (Wildman–Crippen MR) is 76.5 cm³/mol. The number of aromatic amines is 1. The highest BCUT2D eigenvalue weighted by atomic mass is 32.2. The third-order valence-electron chi connectivity index (χ3n) is 3.62. The fourth-order valence-corrected chi connectivity index (χ4v) is 3.46. The van der Waals surface area contributed by atoms with Crippen molar-refractivity contribution in [3.8, 4) is 0 Å². The van der Waals surface area contributed by atoms with Gasteiger partial charge in [0.2, 0.25) is 10.0 Å². The molecule has 1 atom stereocenters. The minimum Gasteiger partial charge on any atom is -0.261 e. The third kappa shape index (κ3) is 2.35. The Morgan fingerprint density at radius 2 is 2.37 bits per heavy atom. The summed E-state index contributed by atoms with van der Waals surface area (Å²) in [6.45, 7) is 1.65. The Bertz CT molecular complexity index is 717. The molecule has 2 heterocycles. The van der Waals surface area contributed by atoms with Crippen molar-refractivity contribution in [2.75, 3.05) is 5.75 Å². The molecule has 1 aliphatic rings. The quantitative estimate of drug-likeness (QED) is 0.888. The molecule has 0 saturated carbocycles. The van der Waals surface area contributed by atoms with Crippen LogP contribution in [0, 0.1) is 0 Å². The van der Waals surface area contributed by atoms with Crippen molar-refractivity contribution in [2.45, 2.75) is 32.2 Å². The second kappa shape index (κ2) is 4.57. The molecule has 0 radical (unpaired) electrons. The Labute approximate surface area is 114 Å². The number of fused-ring (bicyclic) bond motifs is 3. The molecule has 106 valence electrons. The Balaban J connectivity index is 0.00000110.